The molecule has 0 atom stereocenters. The Bertz CT molecular complexity index is 493. The van der Waals surface area contributed by atoms with Gasteiger partial charge in [-0.05, 0) is 31.2 Å². The molecular weight excluding hydrogens is 254 g/mol. The highest BCUT2D eigenvalue weighted by Gasteiger charge is 2.13. The van der Waals surface area contributed by atoms with Gasteiger partial charge in [0.15, 0.2) is 9.84 Å². The van der Waals surface area contributed by atoms with Crippen LogP contribution in [0.4, 0.5) is 5.69 Å². The minimum atomic E-state index is -3.32. The lowest BCUT2D eigenvalue weighted by molar-refractivity contribution is -0.114. The highest BCUT2D eigenvalue weighted by Crippen LogP contribution is 2.15. The molecule has 1 N–H and O–H groups in total. The predicted octanol–water partition coefficient (Wildman–Crippen LogP) is 1.46. The first-order valence-electron chi connectivity index (χ1n) is 5.64. The minimum Gasteiger partial charge on any atom is -0.381 e. The molecule has 0 fully saturated rings. The quantitative estimate of drug-likeness (QED) is 0.795. The molecule has 0 saturated heterocycles. The Morgan fingerprint density at radius 2 is 1.89 bits per heavy atom. The van der Waals surface area contributed by atoms with Crippen molar-refractivity contribution in [1.29, 1.82) is 0 Å². The van der Waals surface area contributed by atoms with Crippen molar-refractivity contribution in [3.63, 3.8) is 0 Å². The van der Waals surface area contributed by atoms with Crippen LogP contribution in [0.5, 0.6) is 0 Å². The number of rotatable bonds is 6. The van der Waals surface area contributed by atoms with Crippen LogP contribution >= 0.6 is 0 Å². The third-order valence-electron chi connectivity index (χ3n) is 2.23. The minimum absolute atomic E-state index is 0.0413. The number of anilines is 1. The summed E-state index contributed by atoms with van der Waals surface area (Å²) in [5.74, 6) is -0.234. The lowest BCUT2D eigenvalue weighted by Crippen LogP contribution is -2.12. The summed E-state index contributed by atoms with van der Waals surface area (Å²) in [6, 6.07) is 6.09. The molecule has 0 aliphatic rings. The van der Waals surface area contributed by atoms with E-state index in [1.807, 2.05) is 6.92 Å². The Morgan fingerprint density at radius 1 is 1.28 bits per heavy atom. The maximum absolute atomic E-state index is 11.9. The van der Waals surface area contributed by atoms with E-state index in [4.69, 9.17) is 4.74 Å². The summed E-state index contributed by atoms with van der Waals surface area (Å²) in [6.07, 6.45) is 0. The Morgan fingerprint density at radius 3 is 2.39 bits per heavy atom. The van der Waals surface area contributed by atoms with Crippen molar-refractivity contribution >= 4 is 21.4 Å². The van der Waals surface area contributed by atoms with Crippen molar-refractivity contribution < 1.29 is 17.9 Å². The molecule has 0 aliphatic carbocycles. The number of hydrogen-bond donors (Lipinski definition) is 1. The first-order valence-corrected chi connectivity index (χ1v) is 7.29. The fraction of sp³-hybridized carbons (Fsp3) is 0.417. The third-order valence-corrected chi connectivity index (χ3v) is 3.93. The van der Waals surface area contributed by atoms with E-state index in [9.17, 15) is 13.2 Å². The number of ether oxygens (including phenoxy) is 1. The van der Waals surface area contributed by atoms with E-state index < -0.39 is 9.84 Å². The maximum atomic E-state index is 11.9. The first kappa shape index (κ1) is 14.7. The van der Waals surface area contributed by atoms with Crippen LogP contribution in [0, 0.1) is 0 Å². The molecule has 0 heterocycles. The average Bonchev–Trinajstić information content (AvgIpc) is 2.29. The van der Waals surface area contributed by atoms with Crippen LogP contribution < -0.4 is 5.32 Å². The summed E-state index contributed by atoms with van der Waals surface area (Å²) < 4.78 is 28.8. The van der Waals surface area contributed by atoms with Gasteiger partial charge in [-0.1, -0.05) is 0 Å². The van der Waals surface area contributed by atoms with Gasteiger partial charge < -0.3 is 10.1 Å². The fourth-order valence-corrected chi connectivity index (χ4v) is 2.50. The molecular formula is C12H17NO4S. The van der Waals surface area contributed by atoms with Crippen molar-refractivity contribution in [3.05, 3.63) is 24.3 Å². The number of amides is 1. The van der Waals surface area contributed by atoms with E-state index >= 15 is 0 Å². The molecule has 1 rings (SSSR count). The summed E-state index contributed by atoms with van der Waals surface area (Å²) >= 11 is 0. The van der Waals surface area contributed by atoms with Crippen LogP contribution in [0.25, 0.3) is 0 Å². The van der Waals surface area contributed by atoms with Gasteiger partial charge in [-0.25, -0.2) is 8.42 Å². The summed E-state index contributed by atoms with van der Waals surface area (Å²) in [4.78, 5) is 11.1. The molecule has 0 radical (unpaired) electrons. The SMILES string of the molecule is CCOCCS(=O)(=O)c1ccc(NC(C)=O)cc1. The Hall–Kier alpha value is -1.40. The van der Waals surface area contributed by atoms with Gasteiger partial charge in [0, 0.05) is 19.2 Å². The van der Waals surface area contributed by atoms with Gasteiger partial charge >= 0.3 is 0 Å². The molecule has 0 aromatic heterocycles. The smallest absolute Gasteiger partial charge is 0.221 e. The number of nitrogens with one attached hydrogen (secondary N) is 1. The zero-order valence-corrected chi connectivity index (χ0v) is 11.3. The molecule has 0 saturated carbocycles. The molecule has 18 heavy (non-hydrogen) atoms. The number of hydrogen-bond acceptors (Lipinski definition) is 4. The second-order valence-electron chi connectivity index (χ2n) is 3.72. The van der Waals surface area contributed by atoms with Crippen LogP contribution in [-0.4, -0.2) is 33.3 Å². The predicted molar refractivity (Wildman–Crippen MR) is 69.3 cm³/mol. The van der Waals surface area contributed by atoms with E-state index in [0.717, 1.165) is 0 Å². The molecule has 1 aromatic carbocycles. The van der Waals surface area contributed by atoms with E-state index in [0.29, 0.717) is 12.3 Å². The first-order chi connectivity index (χ1) is 8.45. The van der Waals surface area contributed by atoms with Crippen LogP contribution in [0.1, 0.15) is 13.8 Å². The number of carbonyl (C=O) groups excluding carboxylic acids is 1. The van der Waals surface area contributed by atoms with Crippen molar-refractivity contribution in [2.75, 3.05) is 24.3 Å². The third kappa shape index (κ3) is 4.46. The molecule has 100 valence electrons. The summed E-state index contributed by atoms with van der Waals surface area (Å²) in [7, 11) is -3.32. The topological polar surface area (TPSA) is 72.5 Å². The van der Waals surface area contributed by atoms with Gasteiger partial charge in [-0.2, -0.15) is 0 Å². The van der Waals surface area contributed by atoms with Gasteiger partial charge in [0.25, 0.3) is 0 Å². The van der Waals surface area contributed by atoms with Gasteiger partial charge in [0.05, 0.1) is 17.3 Å². The van der Waals surface area contributed by atoms with Crippen molar-refractivity contribution in [1.82, 2.24) is 0 Å². The molecule has 1 amide bonds. The van der Waals surface area contributed by atoms with Crippen LogP contribution in [-0.2, 0) is 19.4 Å². The molecule has 0 spiro atoms. The zero-order chi connectivity index (χ0) is 13.6. The molecule has 0 unspecified atom stereocenters. The second-order valence-corrected chi connectivity index (χ2v) is 5.83. The van der Waals surface area contributed by atoms with Crippen LogP contribution in [0.15, 0.2) is 29.2 Å². The summed E-state index contributed by atoms with van der Waals surface area (Å²) in [5, 5.41) is 2.58. The van der Waals surface area contributed by atoms with Gasteiger partial charge in [-0.15, -0.1) is 0 Å². The van der Waals surface area contributed by atoms with E-state index in [1.54, 1.807) is 12.1 Å². The average molecular weight is 271 g/mol. The van der Waals surface area contributed by atoms with Crippen LogP contribution in [0.2, 0.25) is 0 Å². The molecule has 0 aliphatic heterocycles. The monoisotopic (exact) mass is 271 g/mol. The number of benzene rings is 1. The van der Waals surface area contributed by atoms with Crippen molar-refractivity contribution in [2.45, 2.75) is 18.7 Å². The van der Waals surface area contributed by atoms with E-state index in [1.165, 1.54) is 19.1 Å². The zero-order valence-electron chi connectivity index (χ0n) is 10.5. The summed E-state index contributed by atoms with van der Waals surface area (Å²) in [6.45, 7) is 3.89. The maximum Gasteiger partial charge on any atom is 0.221 e. The Balaban J connectivity index is 2.74. The number of sulfone groups is 1. The standard InChI is InChI=1S/C12H17NO4S/c1-3-17-8-9-18(15,16)12-6-4-11(5-7-12)13-10(2)14/h4-7H,3,8-9H2,1-2H3,(H,13,14). The highest BCUT2D eigenvalue weighted by atomic mass is 32.2. The van der Waals surface area contributed by atoms with Gasteiger partial charge in [-0.3, -0.25) is 4.79 Å². The van der Waals surface area contributed by atoms with Crippen LogP contribution in [0.3, 0.4) is 0 Å². The Labute approximate surface area is 107 Å². The van der Waals surface area contributed by atoms with Gasteiger partial charge in [0.2, 0.25) is 5.91 Å². The van der Waals surface area contributed by atoms with Crippen molar-refractivity contribution in [3.8, 4) is 0 Å². The van der Waals surface area contributed by atoms with Gasteiger partial charge in [0.1, 0.15) is 0 Å². The number of carbonyl (C=O) groups is 1. The molecule has 6 heteroatoms. The lowest BCUT2D eigenvalue weighted by Gasteiger charge is -2.06. The highest BCUT2D eigenvalue weighted by molar-refractivity contribution is 7.91. The Kier molecular flexibility index (Phi) is 5.30. The van der Waals surface area contributed by atoms with E-state index in [2.05, 4.69) is 5.32 Å². The fourth-order valence-electron chi connectivity index (χ4n) is 1.38. The largest absolute Gasteiger partial charge is 0.381 e. The summed E-state index contributed by atoms with van der Waals surface area (Å²) in [5.41, 5.74) is 0.575. The molecule has 5 nitrogen and oxygen atoms in total. The normalized spacial score (nSPS) is 11.2. The second kappa shape index (κ2) is 6.51. The lowest BCUT2D eigenvalue weighted by atomic mass is 10.3. The molecule has 0 bridgehead atoms. The van der Waals surface area contributed by atoms with Crippen molar-refractivity contribution in [2.24, 2.45) is 0 Å². The van der Waals surface area contributed by atoms with E-state index in [-0.39, 0.29) is 23.2 Å². The molecule has 1 aromatic rings.